The SMILES string of the molecule is O=P(Cl)(Cl)OC(=NC1CCCCC1)NC1CCCCC1. The number of nitrogens with one attached hydrogen (secondary N) is 1. The van der Waals surface area contributed by atoms with Crippen molar-refractivity contribution >= 4 is 34.6 Å². The maximum absolute atomic E-state index is 11.5. The summed E-state index contributed by atoms with van der Waals surface area (Å²) in [6, 6.07) is 0.831. The Labute approximate surface area is 130 Å². The number of aliphatic imine (C=N–C) groups is 1. The maximum atomic E-state index is 11.5. The van der Waals surface area contributed by atoms with E-state index in [0.717, 1.165) is 25.7 Å². The van der Waals surface area contributed by atoms with Crippen molar-refractivity contribution in [3.63, 3.8) is 0 Å². The highest BCUT2D eigenvalue weighted by molar-refractivity contribution is 8.05. The molecule has 20 heavy (non-hydrogen) atoms. The lowest BCUT2D eigenvalue weighted by atomic mass is 9.95. The molecule has 0 unspecified atom stereocenters. The molecule has 0 aromatic carbocycles. The van der Waals surface area contributed by atoms with Crippen LogP contribution in [0, 0.1) is 0 Å². The third-order valence-corrected chi connectivity index (χ3v) is 4.80. The number of rotatable bonds is 3. The zero-order chi connectivity index (χ0) is 14.4. The number of hydrogen-bond acceptors (Lipinski definition) is 3. The first-order valence-corrected chi connectivity index (χ1v) is 11.0. The molecule has 2 aliphatic rings. The molecule has 4 nitrogen and oxygen atoms in total. The number of nitrogens with zero attached hydrogens (tertiary/aromatic N) is 1. The molecular weight excluding hydrogens is 318 g/mol. The smallest absolute Gasteiger partial charge is 0.389 e. The summed E-state index contributed by atoms with van der Waals surface area (Å²) in [5.74, 6) is 0. The van der Waals surface area contributed by atoms with Gasteiger partial charge in [0.2, 0.25) is 0 Å². The van der Waals surface area contributed by atoms with Crippen LogP contribution in [-0.4, -0.2) is 18.1 Å². The fraction of sp³-hybridized carbons (Fsp3) is 0.923. The molecule has 0 aliphatic heterocycles. The largest absolute Gasteiger partial charge is 0.430 e. The van der Waals surface area contributed by atoms with Crippen LogP contribution in [0.4, 0.5) is 0 Å². The van der Waals surface area contributed by atoms with Crippen molar-refractivity contribution in [2.24, 2.45) is 4.99 Å². The summed E-state index contributed by atoms with van der Waals surface area (Å²) in [5, 5.41) is 3.25. The van der Waals surface area contributed by atoms with Gasteiger partial charge in [0.05, 0.1) is 6.04 Å². The standard InChI is InChI=1S/C13H23Cl2N2O2P/c14-20(15,18)19-13(16-11-7-3-1-4-8-11)17-12-9-5-2-6-10-12/h11-12H,1-10H2,(H,16,17). The van der Waals surface area contributed by atoms with Gasteiger partial charge in [-0.3, -0.25) is 0 Å². The van der Waals surface area contributed by atoms with Crippen LogP contribution in [0.2, 0.25) is 0 Å². The molecular formula is C13H23Cl2N2O2P. The molecule has 7 heteroatoms. The van der Waals surface area contributed by atoms with Crippen molar-refractivity contribution < 1.29 is 9.09 Å². The quantitative estimate of drug-likeness (QED) is 0.436. The first kappa shape index (κ1) is 16.5. The lowest BCUT2D eigenvalue weighted by Crippen LogP contribution is -2.37. The van der Waals surface area contributed by atoms with Crippen LogP contribution >= 0.6 is 28.6 Å². The summed E-state index contributed by atoms with van der Waals surface area (Å²) in [5.41, 5.74) is 0. The summed E-state index contributed by atoms with van der Waals surface area (Å²) in [7, 11) is 0. The van der Waals surface area contributed by atoms with Crippen LogP contribution < -0.4 is 5.32 Å². The average Bonchev–Trinajstić information content (AvgIpc) is 2.39. The Morgan fingerprint density at radius 2 is 1.55 bits per heavy atom. The molecule has 0 amide bonds. The van der Waals surface area contributed by atoms with Crippen molar-refractivity contribution in [1.29, 1.82) is 0 Å². The second-order valence-corrected chi connectivity index (χ2v) is 9.91. The molecule has 0 radical (unpaired) electrons. The van der Waals surface area contributed by atoms with Crippen LogP contribution in [0.3, 0.4) is 0 Å². The molecule has 2 saturated carbocycles. The molecule has 0 heterocycles. The highest BCUT2D eigenvalue weighted by atomic mass is 35.9. The Morgan fingerprint density at radius 1 is 1.00 bits per heavy atom. The Kier molecular flexibility index (Phi) is 6.51. The minimum Gasteiger partial charge on any atom is -0.389 e. The third kappa shape index (κ3) is 6.24. The minimum atomic E-state index is -3.61. The van der Waals surface area contributed by atoms with Gasteiger partial charge in [-0.1, -0.05) is 38.5 Å². The molecule has 0 spiro atoms. The van der Waals surface area contributed by atoms with E-state index in [1.54, 1.807) is 0 Å². The van der Waals surface area contributed by atoms with Gasteiger partial charge in [0.15, 0.2) is 0 Å². The van der Waals surface area contributed by atoms with Gasteiger partial charge in [0, 0.05) is 28.5 Å². The molecule has 0 atom stereocenters. The topological polar surface area (TPSA) is 50.7 Å². The summed E-state index contributed by atoms with van der Waals surface area (Å²) in [6.45, 7) is 0. The average molecular weight is 341 g/mol. The second-order valence-electron chi connectivity index (χ2n) is 5.71. The second kappa shape index (κ2) is 7.91. The maximum Gasteiger partial charge on any atom is 0.430 e. The third-order valence-electron chi connectivity index (χ3n) is 4.00. The molecule has 2 aliphatic carbocycles. The highest BCUT2D eigenvalue weighted by Crippen LogP contribution is 2.57. The van der Waals surface area contributed by atoms with Gasteiger partial charge < -0.3 is 9.84 Å². The zero-order valence-corrected chi connectivity index (χ0v) is 14.1. The predicted molar refractivity (Wildman–Crippen MR) is 84.7 cm³/mol. The van der Waals surface area contributed by atoms with E-state index in [1.165, 1.54) is 38.5 Å². The van der Waals surface area contributed by atoms with E-state index in [1.807, 2.05) is 0 Å². The van der Waals surface area contributed by atoms with E-state index < -0.39 is 6.07 Å². The normalized spacial score (nSPS) is 23.6. The number of amidine groups is 1. The van der Waals surface area contributed by atoms with E-state index >= 15 is 0 Å². The van der Waals surface area contributed by atoms with Crippen molar-refractivity contribution in [2.75, 3.05) is 0 Å². The number of hydrogen-bond donors (Lipinski definition) is 1. The first-order valence-electron chi connectivity index (χ1n) is 7.56. The van der Waals surface area contributed by atoms with Crippen molar-refractivity contribution in [3.05, 3.63) is 0 Å². The van der Waals surface area contributed by atoms with E-state index in [9.17, 15) is 4.57 Å². The van der Waals surface area contributed by atoms with E-state index in [-0.39, 0.29) is 12.1 Å². The fourth-order valence-corrected chi connectivity index (χ4v) is 3.68. The molecule has 0 bridgehead atoms. The van der Waals surface area contributed by atoms with Gasteiger partial charge in [-0.2, -0.15) is 0 Å². The Morgan fingerprint density at radius 3 is 2.10 bits per heavy atom. The Hall–Kier alpha value is 0.0800. The molecule has 1 N–H and O–H groups in total. The van der Waals surface area contributed by atoms with Gasteiger partial charge >= 0.3 is 6.07 Å². The fourth-order valence-electron chi connectivity index (χ4n) is 2.99. The van der Waals surface area contributed by atoms with E-state index in [0.29, 0.717) is 6.04 Å². The lowest BCUT2D eigenvalue weighted by Gasteiger charge is -2.26. The van der Waals surface area contributed by atoms with Crippen LogP contribution in [0.15, 0.2) is 4.99 Å². The van der Waals surface area contributed by atoms with Crippen LogP contribution in [0.1, 0.15) is 64.2 Å². The van der Waals surface area contributed by atoms with Gasteiger partial charge in [-0.15, -0.1) is 0 Å². The lowest BCUT2D eigenvalue weighted by molar-refractivity contribution is 0.381. The molecule has 2 fully saturated rings. The summed E-state index contributed by atoms with van der Waals surface area (Å²) >= 11 is 11.1. The van der Waals surface area contributed by atoms with Crippen LogP contribution in [0.25, 0.3) is 0 Å². The van der Waals surface area contributed by atoms with Gasteiger partial charge in [-0.25, -0.2) is 9.56 Å². The van der Waals surface area contributed by atoms with Crippen molar-refractivity contribution in [3.8, 4) is 0 Å². The van der Waals surface area contributed by atoms with Crippen LogP contribution in [0.5, 0.6) is 0 Å². The molecule has 0 saturated heterocycles. The molecule has 116 valence electrons. The predicted octanol–water partition coefficient (Wildman–Crippen LogP) is 5.20. The molecule has 2 rings (SSSR count). The first-order chi connectivity index (χ1) is 9.53. The summed E-state index contributed by atoms with van der Waals surface area (Å²) in [4.78, 5) is 4.56. The molecule has 0 aromatic heterocycles. The highest BCUT2D eigenvalue weighted by Gasteiger charge is 2.24. The summed E-state index contributed by atoms with van der Waals surface area (Å²) in [6.07, 6.45) is 7.98. The van der Waals surface area contributed by atoms with Gasteiger partial charge in [0.1, 0.15) is 0 Å². The summed E-state index contributed by atoms with van der Waals surface area (Å²) < 4.78 is 16.7. The van der Waals surface area contributed by atoms with Gasteiger partial charge in [0.25, 0.3) is 6.02 Å². The van der Waals surface area contributed by atoms with Crippen molar-refractivity contribution in [1.82, 2.24) is 5.32 Å². The molecule has 0 aromatic rings. The number of halogens is 2. The van der Waals surface area contributed by atoms with Gasteiger partial charge in [-0.05, 0) is 25.7 Å². The van der Waals surface area contributed by atoms with Crippen LogP contribution in [-0.2, 0) is 9.09 Å². The Balaban J connectivity index is 1.98. The van der Waals surface area contributed by atoms with E-state index in [2.05, 4.69) is 10.3 Å². The van der Waals surface area contributed by atoms with Crippen molar-refractivity contribution in [2.45, 2.75) is 76.3 Å². The Bertz CT molecular complexity index is 375. The monoisotopic (exact) mass is 340 g/mol. The van der Waals surface area contributed by atoms with E-state index in [4.69, 9.17) is 27.0 Å². The zero-order valence-electron chi connectivity index (χ0n) is 11.7. The minimum absolute atomic E-state index is 0.231.